The van der Waals surface area contributed by atoms with E-state index in [0.717, 1.165) is 12.0 Å². The van der Waals surface area contributed by atoms with Crippen LogP contribution in [0.1, 0.15) is 19.4 Å². The van der Waals surface area contributed by atoms with Crippen molar-refractivity contribution in [1.82, 2.24) is 0 Å². The molecule has 0 aliphatic heterocycles. The van der Waals surface area contributed by atoms with Gasteiger partial charge < -0.3 is 19.9 Å². The summed E-state index contributed by atoms with van der Waals surface area (Å²) in [7, 11) is 3.24. The molecule has 1 aromatic carbocycles. The standard InChI is InChI=1S/C13H21NO3/c1-5-17-13-11(15-3)7-10(6-9(2)14)8-12(13)16-4/h7-9H,5-6,14H2,1-4H3. The Bertz CT molecular complexity index is 339. The molecule has 4 nitrogen and oxygen atoms in total. The van der Waals surface area contributed by atoms with Gasteiger partial charge in [0.25, 0.3) is 0 Å². The molecule has 1 unspecified atom stereocenters. The first-order valence-electron chi connectivity index (χ1n) is 5.75. The summed E-state index contributed by atoms with van der Waals surface area (Å²) in [5.74, 6) is 2.01. The van der Waals surface area contributed by atoms with Crippen LogP contribution >= 0.6 is 0 Å². The minimum absolute atomic E-state index is 0.0994. The van der Waals surface area contributed by atoms with E-state index >= 15 is 0 Å². The molecule has 1 rings (SSSR count). The van der Waals surface area contributed by atoms with Crippen LogP contribution in [0.5, 0.6) is 17.2 Å². The lowest BCUT2D eigenvalue weighted by molar-refractivity contribution is 0.288. The fourth-order valence-electron chi connectivity index (χ4n) is 1.71. The first kappa shape index (κ1) is 13.6. The Kier molecular flexibility index (Phi) is 5.10. The normalized spacial score (nSPS) is 12.1. The van der Waals surface area contributed by atoms with Crippen LogP contribution in [0.2, 0.25) is 0 Å². The molecule has 0 saturated carbocycles. The number of nitrogens with two attached hydrogens (primary N) is 1. The van der Waals surface area contributed by atoms with E-state index in [4.69, 9.17) is 19.9 Å². The number of rotatable bonds is 6. The highest BCUT2D eigenvalue weighted by atomic mass is 16.5. The van der Waals surface area contributed by atoms with E-state index in [2.05, 4.69) is 0 Å². The molecule has 0 heterocycles. The molecule has 1 aromatic rings. The highest BCUT2D eigenvalue weighted by Crippen LogP contribution is 2.38. The molecule has 0 aromatic heterocycles. The zero-order chi connectivity index (χ0) is 12.8. The van der Waals surface area contributed by atoms with Crippen LogP contribution in [0.25, 0.3) is 0 Å². The third-order valence-electron chi connectivity index (χ3n) is 2.37. The lowest BCUT2D eigenvalue weighted by Crippen LogP contribution is -2.17. The zero-order valence-electron chi connectivity index (χ0n) is 10.9. The Balaban J connectivity index is 3.13. The minimum atomic E-state index is 0.0994. The highest BCUT2D eigenvalue weighted by molar-refractivity contribution is 5.54. The molecule has 2 N–H and O–H groups in total. The number of benzene rings is 1. The number of hydrogen-bond donors (Lipinski definition) is 1. The molecule has 17 heavy (non-hydrogen) atoms. The molecule has 0 fully saturated rings. The summed E-state index contributed by atoms with van der Waals surface area (Å²) in [4.78, 5) is 0. The molecule has 0 saturated heterocycles. The van der Waals surface area contributed by atoms with Crippen LogP contribution in [0.15, 0.2) is 12.1 Å². The predicted octanol–water partition coefficient (Wildman–Crippen LogP) is 1.99. The van der Waals surface area contributed by atoms with E-state index in [1.807, 2.05) is 26.0 Å². The fraction of sp³-hybridized carbons (Fsp3) is 0.538. The molecule has 96 valence electrons. The average Bonchev–Trinajstić information content (AvgIpc) is 2.30. The van der Waals surface area contributed by atoms with Gasteiger partial charge in [-0.25, -0.2) is 0 Å². The van der Waals surface area contributed by atoms with Crippen LogP contribution in [0.3, 0.4) is 0 Å². The fourth-order valence-corrected chi connectivity index (χ4v) is 1.71. The average molecular weight is 239 g/mol. The number of ether oxygens (including phenoxy) is 3. The van der Waals surface area contributed by atoms with Gasteiger partial charge in [0.05, 0.1) is 20.8 Å². The van der Waals surface area contributed by atoms with Crippen molar-refractivity contribution in [3.05, 3.63) is 17.7 Å². The van der Waals surface area contributed by atoms with Gasteiger partial charge in [0, 0.05) is 6.04 Å². The van der Waals surface area contributed by atoms with Crippen molar-refractivity contribution in [3.8, 4) is 17.2 Å². The summed E-state index contributed by atoms with van der Waals surface area (Å²) in [5.41, 5.74) is 6.87. The number of methoxy groups -OCH3 is 2. The van der Waals surface area contributed by atoms with Crippen molar-refractivity contribution >= 4 is 0 Å². The van der Waals surface area contributed by atoms with Gasteiger partial charge >= 0.3 is 0 Å². The minimum Gasteiger partial charge on any atom is -0.493 e. The molecular formula is C13H21NO3. The van der Waals surface area contributed by atoms with Gasteiger partial charge in [-0.1, -0.05) is 0 Å². The molecule has 4 heteroatoms. The van der Waals surface area contributed by atoms with Gasteiger partial charge in [-0.15, -0.1) is 0 Å². The topological polar surface area (TPSA) is 53.7 Å². The smallest absolute Gasteiger partial charge is 0.203 e. The Labute approximate surface area is 103 Å². The quantitative estimate of drug-likeness (QED) is 0.825. The first-order valence-corrected chi connectivity index (χ1v) is 5.75. The Hall–Kier alpha value is -1.42. The van der Waals surface area contributed by atoms with Crippen molar-refractivity contribution in [3.63, 3.8) is 0 Å². The first-order chi connectivity index (χ1) is 8.12. The van der Waals surface area contributed by atoms with Crippen LogP contribution in [-0.4, -0.2) is 26.9 Å². The van der Waals surface area contributed by atoms with Crippen molar-refractivity contribution in [2.75, 3.05) is 20.8 Å². The summed E-state index contributed by atoms with van der Waals surface area (Å²) < 4.78 is 16.2. The highest BCUT2D eigenvalue weighted by Gasteiger charge is 2.14. The summed E-state index contributed by atoms with van der Waals surface area (Å²) >= 11 is 0. The molecule has 0 aliphatic rings. The number of hydrogen-bond acceptors (Lipinski definition) is 4. The van der Waals surface area contributed by atoms with E-state index in [1.165, 1.54) is 0 Å². The largest absolute Gasteiger partial charge is 0.493 e. The molecular weight excluding hydrogens is 218 g/mol. The van der Waals surface area contributed by atoms with Crippen LogP contribution in [0, 0.1) is 0 Å². The lowest BCUT2D eigenvalue weighted by atomic mass is 10.1. The van der Waals surface area contributed by atoms with Crippen molar-refractivity contribution < 1.29 is 14.2 Å². The van der Waals surface area contributed by atoms with E-state index in [1.54, 1.807) is 14.2 Å². The second-order valence-electron chi connectivity index (χ2n) is 3.94. The SMILES string of the molecule is CCOc1c(OC)cc(CC(C)N)cc1OC. The van der Waals surface area contributed by atoms with Crippen LogP contribution in [-0.2, 0) is 6.42 Å². The Morgan fingerprint density at radius 2 is 1.71 bits per heavy atom. The van der Waals surface area contributed by atoms with E-state index in [0.29, 0.717) is 23.9 Å². The molecule has 0 amide bonds. The van der Waals surface area contributed by atoms with E-state index in [-0.39, 0.29) is 6.04 Å². The predicted molar refractivity (Wildman–Crippen MR) is 68.1 cm³/mol. The summed E-state index contributed by atoms with van der Waals surface area (Å²) in [6.45, 7) is 4.46. The lowest BCUT2D eigenvalue weighted by Gasteiger charge is -2.16. The van der Waals surface area contributed by atoms with E-state index < -0.39 is 0 Å². The van der Waals surface area contributed by atoms with Gasteiger partial charge in [-0.05, 0) is 38.0 Å². The molecule has 0 aliphatic carbocycles. The van der Waals surface area contributed by atoms with Gasteiger partial charge in [0.1, 0.15) is 0 Å². The third-order valence-corrected chi connectivity index (χ3v) is 2.37. The Morgan fingerprint density at radius 3 is 2.06 bits per heavy atom. The monoisotopic (exact) mass is 239 g/mol. The second kappa shape index (κ2) is 6.35. The summed E-state index contributed by atoms with van der Waals surface area (Å²) in [6.07, 6.45) is 0.777. The van der Waals surface area contributed by atoms with Gasteiger partial charge in [-0.3, -0.25) is 0 Å². The zero-order valence-corrected chi connectivity index (χ0v) is 10.9. The van der Waals surface area contributed by atoms with Gasteiger partial charge in [-0.2, -0.15) is 0 Å². The van der Waals surface area contributed by atoms with Crippen LogP contribution in [0.4, 0.5) is 0 Å². The molecule has 0 radical (unpaired) electrons. The maximum atomic E-state index is 5.79. The maximum Gasteiger partial charge on any atom is 0.203 e. The van der Waals surface area contributed by atoms with Crippen molar-refractivity contribution in [2.24, 2.45) is 5.73 Å². The van der Waals surface area contributed by atoms with Gasteiger partial charge in [0.2, 0.25) is 5.75 Å². The summed E-state index contributed by atoms with van der Waals surface area (Å²) in [5, 5.41) is 0. The molecule has 1 atom stereocenters. The second-order valence-corrected chi connectivity index (χ2v) is 3.94. The maximum absolute atomic E-state index is 5.79. The van der Waals surface area contributed by atoms with Gasteiger partial charge in [0.15, 0.2) is 11.5 Å². The van der Waals surface area contributed by atoms with Crippen molar-refractivity contribution in [1.29, 1.82) is 0 Å². The summed E-state index contributed by atoms with van der Waals surface area (Å²) in [6, 6.07) is 3.98. The molecule has 0 spiro atoms. The van der Waals surface area contributed by atoms with E-state index in [9.17, 15) is 0 Å². The molecule has 0 bridgehead atoms. The van der Waals surface area contributed by atoms with Crippen molar-refractivity contribution in [2.45, 2.75) is 26.3 Å². The van der Waals surface area contributed by atoms with Crippen LogP contribution < -0.4 is 19.9 Å². The Morgan fingerprint density at radius 1 is 1.18 bits per heavy atom. The third kappa shape index (κ3) is 3.53.